The van der Waals surface area contributed by atoms with E-state index >= 15 is 0 Å². The van der Waals surface area contributed by atoms with Gasteiger partial charge in [0.15, 0.2) is 5.25 Å². The van der Waals surface area contributed by atoms with Crippen molar-refractivity contribution in [3.63, 3.8) is 0 Å². The molecule has 1 aliphatic heterocycles. The molecule has 74 valence electrons. The van der Waals surface area contributed by atoms with Gasteiger partial charge in [-0.2, -0.15) is 0 Å². The molecular formula is C12H15OS+. The van der Waals surface area contributed by atoms with Gasteiger partial charge in [-0.25, -0.2) is 0 Å². The van der Waals surface area contributed by atoms with E-state index in [1.165, 1.54) is 19.3 Å². The zero-order valence-electron chi connectivity index (χ0n) is 8.12. The lowest BCUT2D eigenvalue weighted by molar-refractivity contribution is 0.103. The van der Waals surface area contributed by atoms with Crippen LogP contribution < -0.4 is 0 Å². The van der Waals surface area contributed by atoms with E-state index in [-0.39, 0.29) is 0 Å². The monoisotopic (exact) mass is 207 g/mol. The van der Waals surface area contributed by atoms with Crippen LogP contribution in [-0.2, 0) is 17.4 Å². The Morgan fingerprint density at radius 2 is 2.36 bits per heavy atom. The molecule has 0 aromatic heterocycles. The molecule has 0 spiro atoms. The number of hydrogen-bond acceptors (Lipinski definition) is 1. The number of fused-ring (bicyclic) bond motifs is 3. The minimum Gasteiger partial charge on any atom is -0.488 e. The minimum absolute atomic E-state index is 0.401. The van der Waals surface area contributed by atoms with E-state index in [1.807, 2.05) is 6.08 Å². The first-order chi connectivity index (χ1) is 6.86. The highest BCUT2D eigenvalue weighted by molar-refractivity contribution is 7.59. The summed E-state index contributed by atoms with van der Waals surface area (Å²) >= 11 is 3.79. The van der Waals surface area contributed by atoms with Crippen LogP contribution in [0.5, 0.6) is 0 Å². The van der Waals surface area contributed by atoms with Crippen LogP contribution in [0.2, 0.25) is 0 Å². The average molecular weight is 207 g/mol. The quantitative estimate of drug-likeness (QED) is 0.432. The molecule has 4 atom stereocenters. The number of ether oxygens (including phenoxy) is 1. The van der Waals surface area contributed by atoms with E-state index in [9.17, 15) is 0 Å². The fourth-order valence-electron chi connectivity index (χ4n) is 2.94. The second kappa shape index (κ2) is 3.24. The van der Waals surface area contributed by atoms with Crippen LogP contribution in [0.1, 0.15) is 25.7 Å². The number of rotatable bonds is 0. The Bertz CT molecular complexity index is 336. The molecule has 14 heavy (non-hydrogen) atoms. The van der Waals surface area contributed by atoms with E-state index < -0.39 is 0 Å². The maximum Gasteiger partial charge on any atom is 0.150 e. The van der Waals surface area contributed by atoms with Gasteiger partial charge >= 0.3 is 0 Å². The van der Waals surface area contributed by atoms with Gasteiger partial charge in [0.1, 0.15) is 11.9 Å². The topological polar surface area (TPSA) is 9.23 Å². The normalized spacial score (nSPS) is 43.9. The third-order valence-electron chi connectivity index (χ3n) is 3.66. The molecule has 4 unspecified atom stereocenters. The Morgan fingerprint density at radius 3 is 3.29 bits per heavy atom. The predicted molar refractivity (Wildman–Crippen MR) is 60.1 cm³/mol. The molecule has 1 nitrogen and oxygen atoms in total. The van der Waals surface area contributed by atoms with Crippen LogP contribution in [0.4, 0.5) is 0 Å². The Morgan fingerprint density at radius 1 is 1.43 bits per heavy atom. The SMILES string of the molecule is [SH2+]C1CCCC2C3CC#CC=C3OC12. The van der Waals surface area contributed by atoms with Gasteiger partial charge in [-0.3, -0.25) is 0 Å². The summed E-state index contributed by atoms with van der Waals surface area (Å²) in [6.07, 6.45) is 7.28. The first-order valence-electron chi connectivity index (χ1n) is 5.42. The lowest BCUT2D eigenvalue weighted by Gasteiger charge is -2.27. The molecule has 1 heterocycles. The van der Waals surface area contributed by atoms with Gasteiger partial charge in [0.25, 0.3) is 0 Å². The standard InChI is InChI=1S/C12H14OS/c14-11-7-3-5-9-8-4-1-2-6-10(8)13-12(9)11/h6,8-9,11-12,14H,3-5,7H2/p+1. The largest absolute Gasteiger partial charge is 0.488 e. The molecule has 0 aromatic rings. The number of allylic oxidation sites excluding steroid dienone is 2. The summed E-state index contributed by atoms with van der Waals surface area (Å²) in [5.74, 6) is 8.68. The van der Waals surface area contributed by atoms with Crippen molar-refractivity contribution in [1.82, 2.24) is 0 Å². The molecule has 0 bridgehead atoms. The van der Waals surface area contributed by atoms with E-state index in [0.717, 1.165) is 12.2 Å². The van der Waals surface area contributed by atoms with Gasteiger partial charge < -0.3 is 4.74 Å². The molecule has 0 aromatic carbocycles. The summed E-state index contributed by atoms with van der Waals surface area (Å²) in [7, 11) is 0. The Kier molecular flexibility index (Phi) is 2.02. The molecule has 3 aliphatic rings. The van der Waals surface area contributed by atoms with Crippen LogP contribution in [0.3, 0.4) is 0 Å². The first-order valence-corrected chi connectivity index (χ1v) is 6.00. The molecule has 2 aliphatic carbocycles. The molecular weight excluding hydrogens is 192 g/mol. The van der Waals surface area contributed by atoms with Gasteiger partial charge in [0.05, 0.1) is 0 Å². The molecule has 3 rings (SSSR count). The fourth-order valence-corrected chi connectivity index (χ4v) is 3.46. The van der Waals surface area contributed by atoms with Crippen LogP contribution in [0.15, 0.2) is 11.8 Å². The van der Waals surface area contributed by atoms with Crippen molar-refractivity contribution in [2.24, 2.45) is 11.8 Å². The summed E-state index contributed by atoms with van der Waals surface area (Å²) in [6, 6.07) is 0. The zero-order valence-corrected chi connectivity index (χ0v) is 9.12. The van der Waals surface area contributed by atoms with Gasteiger partial charge in [-0.05, 0) is 31.9 Å². The highest BCUT2D eigenvalue weighted by Gasteiger charge is 2.48. The van der Waals surface area contributed by atoms with Crippen molar-refractivity contribution in [3.8, 4) is 11.8 Å². The smallest absolute Gasteiger partial charge is 0.150 e. The van der Waals surface area contributed by atoms with Crippen molar-refractivity contribution < 1.29 is 4.74 Å². The second-order valence-corrected chi connectivity index (χ2v) is 5.20. The van der Waals surface area contributed by atoms with Crippen LogP contribution >= 0.6 is 0 Å². The molecule has 1 saturated heterocycles. The average Bonchev–Trinajstić information content (AvgIpc) is 2.59. The maximum absolute atomic E-state index is 5.99. The van der Waals surface area contributed by atoms with Crippen molar-refractivity contribution in [2.75, 3.05) is 0 Å². The van der Waals surface area contributed by atoms with E-state index in [4.69, 9.17) is 4.74 Å². The molecule has 0 N–H and O–H groups in total. The van der Waals surface area contributed by atoms with Crippen LogP contribution in [-0.4, -0.2) is 11.4 Å². The van der Waals surface area contributed by atoms with Crippen molar-refractivity contribution in [3.05, 3.63) is 11.8 Å². The lowest BCUT2D eigenvalue weighted by Crippen LogP contribution is -2.35. The Hall–Kier alpha value is -0.550. The third-order valence-corrected chi connectivity index (χ3v) is 4.28. The fraction of sp³-hybridized carbons (Fsp3) is 0.667. The van der Waals surface area contributed by atoms with E-state index in [0.29, 0.717) is 23.2 Å². The molecule has 0 amide bonds. The van der Waals surface area contributed by atoms with Gasteiger partial charge in [0, 0.05) is 24.3 Å². The minimum atomic E-state index is 0.401. The summed E-state index contributed by atoms with van der Waals surface area (Å²) in [5.41, 5.74) is 0. The molecule has 1 saturated carbocycles. The zero-order chi connectivity index (χ0) is 9.54. The summed E-state index contributed by atoms with van der Waals surface area (Å²) in [4.78, 5) is 0. The summed E-state index contributed by atoms with van der Waals surface area (Å²) in [6.45, 7) is 0. The lowest BCUT2D eigenvalue weighted by atomic mass is 9.77. The van der Waals surface area contributed by atoms with Crippen molar-refractivity contribution in [2.45, 2.75) is 37.0 Å². The van der Waals surface area contributed by atoms with Gasteiger partial charge in [-0.15, -0.1) is 0 Å². The van der Waals surface area contributed by atoms with Crippen LogP contribution in [0, 0.1) is 23.7 Å². The van der Waals surface area contributed by atoms with Gasteiger partial charge in [-0.1, -0.05) is 11.8 Å². The predicted octanol–water partition coefficient (Wildman–Crippen LogP) is 1.47. The van der Waals surface area contributed by atoms with Crippen molar-refractivity contribution in [1.29, 1.82) is 0 Å². The van der Waals surface area contributed by atoms with Crippen LogP contribution in [0.25, 0.3) is 0 Å². The number of hydrogen-bond donors (Lipinski definition) is 0. The highest BCUT2D eigenvalue weighted by atomic mass is 32.1. The third kappa shape index (κ3) is 1.19. The molecule has 2 heteroatoms. The second-order valence-electron chi connectivity index (χ2n) is 4.46. The van der Waals surface area contributed by atoms with Crippen molar-refractivity contribution >= 4 is 12.6 Å². The highest BCUT2D eigenvalue weighted by Crippen LogP contribution is 2.45. The summed E-state index contributed by atoms with van der Waals surface area (Å²) in [5, 5.41) is 0.542. The first kappa shape index (κ1) is 8.73. The maximum atomic E-state index is 5.99. The molecule has 2 fully saturated rings. The van der Waals surface area contributed by atoms with E-state index in [1.54, 1.807) is 0 Å². The summed E-state index contributed by atoms with van der Waals surface area (Å²) < 4.78 is 5.99. The molecule has 0 radical (unpaired) electrons. The van der Waals surface area contributed by atoms with Gasteiger partial charge in [0.2, 0.25) is 0 Å². The Labute approximate surface area is 90.3 Å². The Balaban J connectivity index is 1.89. The van der Waals surface area contributed by atoms with E-state index in [2.05, 4.69) is 24.5 Å².